The smallest absolute Gasteiger partial charge is 0.471 e. The summed E-state index contributed by atoms with van der Waals surface area (Å²) in [4.78, 5) is 22.2. The molecule has 0 aromatic carbocycles. The Bertz CT molecular complexity index is 328. The second-order valence-electron chi connectivity index (χ2n) is 3.88. The summed E-state index contributed by atoms with van der Waals surface area (Å²) < 4.78 is 36.2. The molecule has 3 atom stereocenters. The number of carbonyl (C=O) groups excluding carboxylic acids is 1. The first-order valence-corrected chi connectivity index (χ1v) is 4.43. The summed E-state index contributed by atoms with van der Waals surface area (Å²) in [5.41, 5.74) is 0. The van der Waals surface area contributed by atoms with E-state index in [0.717, 1.165) is 0 Å². The van der Waals surface area contributed by atoms with Gasteiger partial charge in [-0.25, -0.2) is 0 Å². The van der Waals surface area contributed by atoms with E-state index in [4.69, 9.17) is 5.11 Å². The van der Waals surface area contributed by atoms with Crippen LogP contribution in [0.3, 0.4) is 0 Å². The fraction of sp³-hybridized carbons (Fsp3) is 0.750. The van der Waals surface area contributed by atoms with Crippen molar-refractivity contribution in [1.29, 1.82) is 0 Å². The highest BCUT2D eigenvalue weighted by atomic mass is 19.4. The molecule has 0 aromatic heterocycles. The van der Waals surface area contributed by atoms with Crippen molar-refractivity contribution in [2.24, 2.45) is 11.8 Å². The summed E-state index contributed by atoms with van der Waals surface area (Å²) in [5, 5.41) is 8.70. The van der Waals surface area contributed by atoms with E-state index in [9.17, 15) is 22.8 Å². The third-order valence-electron chi connectivity index (χ3n) is 3.09. The van der Waals surface area contributed by atoms with E-state index in [1.807, 2.05) is 0 Å². The molecule has 0 unspecified atom stereocenters. The predicted octanol–water partition coefficient (Wildman–Crippen LogP) is 0.480. The Morgan fingerprint density at radius 3 is 2.33 bits per heavy atom. The molecule has 0 spiro atoms. The highest BCUT2D eigenvalue weighted by Crippen LogP contribution is 2.47. The first-order chi connectivity index (χ1) is 6.82. The first kappa shape index (κ1) is 10.3. The van der Waals surface area contributed by atoms with Crippen LogP contribution in [0.15, 0.2) is 0 Å². The minimum absolute atomic E-state index is 0.0834. The molecular formula is C8H8F3NO3. The Balaban J connectivity index is 2.11. The maximum absolute atomic E-state index is 12.1. The Kier molecular flexibility index (Phi) is 1.96. The normalized spacial score (nSPS) is 33.8. The summed E-state index contributed by atoms with van der Waals surface area (Å²) in [6, 6.07) is -0.762. The quantitative estimate of drug-likeness (QED) is 0.703. The Labute approximate surface area is 82.7 Å². The van der Waals surface area contributed by atoms with E-state index >= 15 is 0 Å². The number of aliphatic carboxylic acids is 1. The van der Waals surface area contributed by atoms with Gasteiger partial charge < -0.3 is 10.0 Å². The van der Waals surface area contributed by atoms with Crippen LogP contribution in [0.1, 0.15) is 6.42 Å². The topological polar surface area (TPSA) is 57.6 Å². The monoisotopic (exact) mass is 223 g/mol. The van der Waals surface area contributed by atoms with Crippen LogP contribution in [0.4, 0.5) is 13.2 Å². The maximum Gasteiger partial charge on any atom is 0.471 e. The molecule has 15 heavy (non-hydrogen) atoms. The van der Waals surface area contributed by atoms with Crippen LogP contribution < -0.4 is 0 Å². The number of alkyl halides is 3. The van der Waals surface area contributed by atoms with Gasteiger partial charge in [0.2, 0.25) is 0 Å². The molecule has 3 fully saturated rings. The third-order valence-corrected chi connectivity index (χ3v) is 3.09. The van der Waals surface area contributed by atoms with Crippen LogP contribution in [0.2, 0.25) is 0 Å². The van der Waals surface area contributed by atoms with Crippen molar-refractivity contribution in [2.75, 3.05) is 6.54 Å². The molecular weight excluding hydrogens is 215 g/mol. The number of carboxylic acids is 1. The number of hydrogen-bond acceptors (Lipinski definition) is 2. The summed E-state index contributed by atoms with van der Waals surface area (Å²) in [5.74, 6) is -4.15. The van der Waals surface area contributed by atoms with Gasteiger partial charge in [-0.15, -0.1) is 0 Å². The van der Waals surface area contributed by atoms with Gasteiger partial charge in [-0.1, -0.05) is 0 Å². The Morgan fingerprint density at radius 1 is 1.33 bits per heavy atom. The lowest BCUT2D eigenvalue weighted by molar-refractivity contribution is -0.186. The minimum atomic E-state index is -4.90. The SMILES string of the molecule is O=C(O)[C@H]1[C@@H]2C[C@H]1N(C(=O)C(F)(F)F)C2. The molecule has 2 bridgehead atoms. The van der Waals surface area contributed by atoms with E-state index < -0.39 is 30.0 Å². The van der Waals surface area contributed by atoms with E-state index in [-0.39, 0.29) is 12.5 Å². The summed E-state index contributed by atoms with van der Waals surface area (Å²) in [6.07, 6.45) is -4.53. The molecule has 1 N–H and O–H groups in total. The van der Waals surface area contributed by atoms with Gasteiger partial charge >= 0.3 is 18.1 Å². The van der Waals surface area contributed by atoms with Crippen molar-refractivity contribution in [2.45, 2.75) is 18.6 Å². The van der Waals surface area contributed by atoms with Crippen LogP contribution in [0.5, 0.6) is 0 Å². The van der Waals surface area contributed by atoms with Crippen LogP contribution in [0.25, 0.3) is 0 Å². The lowest BCUT2D eigenvalue weighted by atomic mass is 9.74. The van der Waals surface area contributed by atoms with Crippen LogP contribution in [0, 0.1) is 11.8 Å². The second kappa shape index (κ2) is 2.86. The molecule has 84 valence electrons. The van der Waals surface area contributed by atoms with Crippen molar-refractivity contribution in [3.05, 3.63) is 0 Å². The molecule has 2 heterocycles. The van der Waals surface area contributed by atoms with Crippen molar-refractivity contribution in [3.8, 4) is 0 Å². The lowest BCUT2D eigenvalue weighted by Gasteiger charge is -2.33. The number of fused-ring (bicyclic) bond motifs is 1. The van der Waals surface area contributed by atoms with Gasteiger partial charge in [0, 0.05) is 12.6 Å². The lowest BCUT2D eigenvalue weighted by Crippen LogP contribution is -2.48. The molecule has 2 aliphatic heterocycles. The molecule has 3 rings (SSSR count). The number of carbonyl (C=O) groups is 2. The maximum atomic E-state index is 12.1. The number of halogens is 3. The molecule has 2 saturated heterocycles. The van der Waals surface area contributed by atoms with Crippen LogP contribution in [-0.2, 0) is 9.59 Å². The highest BCUT2D eigenvalue weighted by Gasteiger charge is 2.60. The number of rotatable bonds is 1. The van der Waals surface area contributed by atoms with Gasteiger partial charge in [0.1, 0.15) is 0 Å². The number of carboxylic acid groups (broad SMARTS) is 1. The Morgan fingerprint density at radius 2 is 1.93 bits per heavy atom. The fourth-order valence-electron chi connectivity index (χ4n) is 2.38. The van der Waals surface area contributed by atoms with E-state index in [1.54, 1.807) is 0 Å². The fourth-order valence-corrected chi connectivity index (χ4v) is 2.38. The van der Waals surface area contributed by atoms with Crippen LogP contribution in [-0.4, -0.2) is 40.6 Å². The number of amides is 1. The van der Waals surface area contributed by atoms with Crippen molar-refractivity contribution in [1.82, 2.24) is 4.90 Å². The zero-order chi connectivity index (χ0) is 11.4. The molecule has 7 heteroatoms. The number of nitrogens with zero attached hydrogens (tertiary/aromatic N) is 1. The largest absolute Gasteiger partial charge is 0.481 e. The van der Waals surface area contributed by atoms with E-state index in [0.29, 0.717) is 11.3 Å². The van der Waals surface area contributed by atoms with Gasteiger partial charge in [0.05, 0.1) is 5.92 Å². The standard InChI is InChI=1S/C8H8F3NO3/c9-8(10,11)7(15)12-2-3-1-4(12)5(3)6(13)14/h3-5H,1-2H2,(H,13,14)/t3-,4-,5+/m1/s1. The highest BCUT2D eigenvalue weighted by molar-refractivity contribution is 5.85. The Hall–Kier alpha value is -1.27. The van der Waals surface area contributed by atoms with E-state index in [1.165, 1.54) is 0 Å². The van der Waals surface area contributed by atoms with Crippen molar-refractivity contribution in [3.63, 3.8) is 0 Å². The van der Waals surface area contributed by atoms with Crippen molar-refractivity contribution >= 4 is 11.9 Å². The summed E-state index contributed by atoms with van der Waals surface area (Å²) in [6.45, 7) is -0.0834. The molecule has 3 aliphatic rings. The molecule has 0 radical (unpaired) electrons. The summed E-state index contributed by atoms with van der Waals surface area (Å²) in [7, 11) is 0. The average molecular weight is 223 g/mol. The van der Waals surface area contributed by atoms with Gasteiger partial charge in [-0.05, 0) is 12.3 Å². The van der Waals surface area contributed by atoms with Crippen molar-refractivity contribution < 1.29 is 27.9 Å². The third kappa shape index (κ3) is 1.37. The average Bonchev–Trinajstić information content (AvgIpc) is 2.55. The van der Waals surface area contributed by atoms with Gasteiger partial charge in [0.25, 0.3) is 0 Å². The zero-order valence-corrected chi connectivity index (χ0v) is 7.49. The van der Waals surface area contributed by atoms with Gasteiger partial charge in [0.15, 0.2) is 0 Å². The van der Waals surface area contributed by atoms with Gasteiger partial charge in [-0.2, -0.15) is 13.2 Å². The predicted molar refractivity (Wildman–Crippen MR) is 40.8 cm³/mol. The first-order valence-electron chi connectivity index (χ1n) is 4.43. The molecule has 1 aliphatic carbocycles. The minimum Gasteiger partial charge on any atom is -0.481 e. The second-order valence-corrected chi connectivity index (χ2v) is 3.88. The molecule has 4 nitrogen and oxygen atoms in total. The van der Waals surface area contributed by atoms with E-state index in [2.05, 4.69) is 0 Å². The zero-order valence-electron chi connectivity index (χ0n) is 7.49. The molecule has 1 saturated carbocycles. The number of hydrogen-bond donors (Lipinski definition) is 1. The molecule has 0 aromatic rings. The van der Waals surface area contributed by atoms with Gasteiger partial charge in [-0.3, -0.25) is 9.59 Å². The molecule has 1 amide bonds. The summed E-state index contributed by atoms with van der Waals surface area (Å²) >= 11 is 0. The van der Waals surface area contributed by atoms with Crippen LogP contribution >= 0.6 is 0 Å².